The van der Waals surface area contributed by atoms with E-state index in [1.54, 1.807) is 24.4 Å². The first-order valence-corrected chi connectivity index (χ1v) is 20.0. The number of phenols is 1. The lowest BCUT2D eigenvalue weighted by atomic mass is 9.72. The van der Waals surface area contributed by atoms with Crippen molar-refractivity contribution in [3.8, 4) is 29.3 Å². The molecule has 3 N–H and O–H groups in total. The molecule has 58 heavy (non-hydrogen) atoms. The van der Waals surface area contributed by atoms with E-state index in [2.05, 4.69) is 17.0 Å². The quantitative estimate of drug-likeness (QED) is 0.238. The number of methoxy groups -OCH3 is 1. The lowest BCUT2D eigenvalue weighted by molar-refractivity contribution is -0.278. The molecule has 4 heterocycles. The molecule has 296 valence electrons. The Labute approximate surface area is 335 Å². The number of aliphatic hydroxyl groups excluding tert-OH is 2. The minimum atomic E-state index is -1.56. The number of amides is 1. The smallest absolute Gasteiger partial charge is 0.254 e. The predicted molar refractivity (Wildman–Crippen MR) is 212 cm³/mol. The second-order valence-corrected chi connectivity index (χ2v) is 16.0. The third-order valence-electron chi connectivity index (χ3n) is 12.8. The van der Waals surface area contributed by atoms with Crippen LogP contribution in [0.5, 0.6) is 17.2 Å². The molecule has 7 aliphatic rings. The summed E-state index contributed by atoms with van der Waals surface area (Å²) >= 11 is 0. The molecular formula is C46H43N2O10+. The van der Waals surface area contributed by atoms with Crippen LogP contribution in [0.25, 0.3) is 10.8 Å². The number of rotatable bonds is 5. The summed E-state index contributed by atoms with van der Waals surface area (Å²) in [5.41, 5.74) is 6.72. The standard InChI is InChI=1S/C46H42N2O10/c1-54-27-17-32-30-15-14-25-8-4-11-29(25)38(30)40-35(49)21-48-20-33-24(7-5-12-31(33)45(48)53)9-6-16-56-44-41(50)37(23-55-22-26-19-47-34-13-3-2-10-28(26)34)58-46(43(44)52)57-36(18-27)39(32)42(40)51/h2-3,5,7,10,12-13,17-19,25,29,37,41,43-44,46,50,52H,4,8-9,11,14-15,20-23H2,1H3/p+1/t25-,29+,37+,41+,43+,44-,46+/m0/s1. The highest BCUT2D eigenvalue weighted by atomic mass is 16.7. The summed E-state index contributed by atoms with van der Waals surface area (Å²) in [6.45, 7) is 0.0788. The fourth-order valence-electron chi connectivity index (χ4n) is 10.0. The number of Topliss-reactive ketones (excluding diaryl/α,β-unsaturated/α-hetero) is 1. The lowest BCUT2D eigenvalue weighted by Gasteiger charge is -2.41. The Morgan fingerprint density at radius 2 is 1.98 bits per heavy atom. The number of ether oxygens (including phenoxy) is 5. The van der Waals surface area contributed by atoms with Crippen molar-refractivity contribution >= 4 is 28.7 Å². The highest BCUT2D eigenvalue weighted by molar-refractivity contribution is 6.12. The van der Waals surface area contributed by atoms with Crippen molar-refractivity contribution in [1.29, 1.82) is 0 Å². The molecular weight excluding hydrogens is 741 g/mol. The van der Waals surface area contributed by atoms with E-state index in [1.165, 1.54) is 12.0 Å². The zero-order chi connectivity index (χ0) is 39.7. The highest BCUT2D eigenvalue weighted by Crippen LogP contribution is 2.54. The molecule has 12 heteroatoms. The Bertz CT molecular complexity index is 2440. The monoisotopic (exact) mass is 783 g/mol. The zero-order valence-corrected chi connectivity index (χ0v) is 32.0. The molecule has 0 radical (unpaired) electrons. The van der Waals surface area contributed by atoms with Crippen molar-refractivity contribution in [1.82, 2.24) is 4.90 Å². The molecule has 2 fully saturated rings. The van der Waals surface area contributed by atoms with Gasteiger partial charge in [-0.05, 0) is 77.3 Å². The van der Waals surface area contributed by atoms with Crippen molar-refractivity contribution in [3.63, 3.8) is 0 Å². The number of aliphatic hydroxyl groups is 2. The van der Waals surface area contributed by atoms with Gasteiger partial charge < -0.3 is 43.9 Å². The molecule has 3 aliphatic carbocycles. The largest absolute Gasteiger partial charge is 0.506 e. The Kier molecular flexibility index (Phi) is 9.29. The van der Waals surface area contributed by atoms with Gasteiger partial charge in [-0.15, -0.1) is 0 Å². The maximum Gasteiger partial charge on any atom is 0.254 e. The molecule has 0 unspecified atom stereocenters. The number of aliphatic imine (C=N–C) groups is 1. The fourth-order valence-corrected chi connectivity index (χ4v) is 10.0. The van der Waals surface area contributed by atoms with E-state index >= 15 is 0 Å². The van der Waals surface area contributed by atoms with Gasteiger partial charge in [-0.1, -0.05) is 24.5 Å². The third-order valence-corrected chi connectivity index (χ3v) is 12.8. The van der Waals surface area contributed by atoms with Gasteiger partial charge in [0, 0.05) is 49.2 Å². The Balaban J connectivity index is 1.08. The highest BCUT2D eigenvalue weighted by Gasteiger charge is 2.48. The molecule has 1 amide bonds. The van der Waals surface area contributed by atoms with Gasteiger partial charge in [-0.25, -0.2) is 0 Å². The Morgan fingerprint density at radius 1 is 1.09 bits per heavy atom. The van der Waals surface area contributed by atoms with Crippen LogP contribution in [0.1, 0.15) is 74.6 Å². The Hall–Kier alpha value is -5.58. The van der Waals surface area contributed by atoms with Crippen LogP contribution in [0, 0.1) is 24.4 Å². The number of aromatic hydroxyl groups is 1. The van der Waals surface area contributed by atoms with Crippen molar-refractivity contribution in [2.75, 3.05) is 26.9 Å². The number of hydrogen-bond acceptors (Lipinski definition) is 11. The van der Waals surface area contributed by atoms with Gasteiger partial charge in [0.25, 0.3) is 5.91 Å². The number of ketones is 1. The SMILES string of the molecule is COc1cc2c3c(O)c(c4c(c3c1)CC[C@@H]1CCC[C@@H]41)C(=O)CN1Cc3c(cccc3C1=O)CC#CO[C@@H]1[C@@H](O)[C@H](O2)O[C@H](COCC2=C3[CH+]C=CC=C3N=C2)[C@H]1O. The van der Waals surface area contributed by atoms with E-state index in [0.717, 1.165) is 64.8 Å². The fraction of sp³-hybridized carbons (Fsp3) is 0.391. The number of carbonyl (C=O) groups excluding carboxylic acids is 2. The summed E-state index contributed by atoms with van der Waals surface area (Å²) < 4.78 is 30.6. The van der Waals surface area contributed by atoms with Crippen LogP contribution >= 0.6 is 0 Å². The lowest BCUT2D eigenvalue weighted by Crippen LogP contribution is -2.60. The number of phenolic OH excluding ortho intramolecular Hbond substituents is 1. The molecule has 3 aromatic rings. The van der Waals surface area contributed by atoms with Gasteiger partial charge in [0.2, 0.25) is 6.29 Å². The molecule has 10 rings (SSSR count). The number of carbonyl (C=O) groups is 2. The molecule has 4 aliphatic heterocycles. The number of hydrogen-bond donors (Lipinski definition) is 3. The first kappa shape index (κ1) is 36.7. The van der Waals surface area contributed by atoms with Crippen molar-refractivity contribution in [2.24, 2.45) is 10.9 Å². The van der Waals surface area contributed by atoms with E-state index in [9.17, 15) is 24.9 Å². The summed E-state index contributed by atoms with van der Waals surface area (Å²) in [5.74, 6) is 3.12. The number of benzene rings is 3. The minimum absolute atomic E-state index is 0.0777. The van der Waals surface area contributed by atoms with Gasteiger partial charge >= 0.3 is 0 Å². The summed E-state index contributed by atoms with van der Waals surface area (Å²) in [4.78, 5) is 34.5. The Morgan fingerprint density at radius 3 is 2.86 bits per heavy atom. The third kappa shape index (κ3) is 6.07. The summed E-state index contributed by atoms with van der Waals surface area (Å²) in [6.07, 6.45) is 10.2. The molecule has 0 aromatic heterocycles. The van der Waals surface area contributed by atoms with Crippen LogP contribution in [-0.4, -0.2) is 95.7 Å². The summed E-state index contributed by atoms with van der Waals surface area (Å²) in [6, 6.07) is 8.85. The molecule has 3 aromatic carbocycles. The first-order chi connectivity index (χ1) is 28.3. The average molecular weight is 784 g/mol. The second kappa shape index (κ2) is 14.7. The normalized spacial score (nSPS) is 28.1. The topological polar surface area (TPSA) is 157 Å². The summed E-state index contributed by atoms with van der Waals surface area (Å²) in [5, 5.41) is 36.8. The van der Waals surface area contributed by atoms with Gasteiger partial charge in [-0.2, -0.15) is 4.99 Å². The molecule has 1 saturated heterocycles. The molecule has 7 atom stereocenters. The van der Waals surface area contributed by atoms with Crippen LogP contribution in [-0.2, 0) is 33.6 Å². The maximum atomic E-state index is 14.7. The average Bonchev–Trinajstić information content (AvgIpc) is 3.96. The van der Waals surface area contributed by atoms with E-state index in [-0.39, 0.29) is 72.8 Å². The van der Waals surface area contributed by atoms with E-state index in [4.69, 9.17) is 23.7 Å². The number of allylic oxidation sites excluding steroid dienone is 4. The van der Waals surface area contributed by atoms with Gasteiger partial charge in [0.05, 0.1) is 43.0 Å². The van der Waals surface area contributed by atoms with E-state index in [0.29, 0.717) is 29.0 Å². The molecule has 6 bridgehead atoms. The number of nitrogens with zero attached hydrogens (tertiary/aromatic N) is 2. The number of aryl methyl sites for hydroxylation is 1. The van der Waals surface area contributed by atoms with Crippen LogP contribution in [0.15, 0.2) is 70.4 Å². The molecule has 1 saturated carbocycles. The maximum absolute atomic E-state index is 14.7. The predicted octanol–water partition coefficient (Wildman–Crippen LogP) is 5.01. The second-order valence-electron chi connectivity index (χ2n) is 16.0. The molecule has 0 spiro atoms. The molecule has 12 nitrogen and oxygen atoms in total. The van der Waals surface area contributed by atoms with Gasteiger partial charge in [0.15, 0.2) is 23.7 Å². The van der Waals surface area contributed by atoms with Gasteiger partial charge in [-0.3, -0.25) is 9.59 Å². The van der Waals surface area contributed by atoms with Crippen LogP contribution < -0.4 is 9.47 Å². The van der Waals surface area contributed by atoms with Crippen molar-refractivity contribution < 1.29 is 48.6 Å². The van der Waals surface area contributed by atoms with Gasteiger partial charge in [0.1, 0.15) is 47.7 Å². The zero-order valence-electron chi connectivity index (χ0n) is 32.0. The minimum Gasteiger partial charge on any atom is -0.506 e. The van der Waals surface area contributed by atoms with E-state index in [1.807, 2.05) is 36.8 Å². The van der Waals surface area contributed by atoms with Crippen LogP contribution in [0.3, 0.4) is 0 Å². The summed E-state index contributed by atoms with van der Waals surface area (Å²) in [7, 11) is 1.53. The first-order valence-electron chi connectivity index (χ1n) is 20.0. The van der Waals surface area contributed by atoms with Crippen molar-refractivity contribution in [2.45, 2.75) is 81.7 Å². The van der Waals surface area contributed by atoms with Crippen LogP contribution in [0.4, 0.5) is 0 Å². The van der Waals surface area contributed by atoms with Crippen molar-refractivity contribution in [3.05, 3.63) is 105 Å². The number of fused-ring (bicyclic) bond motifs is 10. The van der Waals surface area contributed by atoms with E-state index < -0.39 is 30.7 Å². The van der Waals surface area contributed by atoms with Crippen LogP contribution in [0.2, 0.25) is 0 Å².